The number of aromatic nitrogens is 2. The van der Waals surface area contributed by atoms with Crippen molar-refractivity contribution in [2.45, 2.75) is 25.5 Å². The summed E-state index contributed by atoms with van der Waals surface area (Å²) in [6, 6.07) is 4.72. The molecule has 0 aliphatic carbocycles. The lowest BCUT2D eigenvalue weighted by molar-refractivity contribution is -0.0366. The monoisotopic (exact) mass is 245 g/mol. The Labute approximate surface area is 104 Å². The third-order valence-corrected chi connectivity index (χ3v) is 3.23. The molecule has 0 radical (unpaired) electrons. The molecule has 3 rings (SSSR count). The van der Waals surface area contributed by atoms with Crippen molar-refractivity contribution >= 4 is 10.9 Å². The van der Waals surface area contributed by atoms with Crippen LogP contribution in [0.15, 0.2) is 18.3 Å². The fourth-order valence-corrected chi connectivity index (χ4v) is 2.30. The minimum absolute atomic E-state index is 0.0478. The Hall–Kier alpha value is -1.93. The molecule has 0 amide bonds. The molecule has 0 N–H and O–H groups in total. The fraction of sp³-hybridized carbons (Fsp3) is 0.385. The van der Waals surface area contributed by atoms with Gasteiger partial charge in [0.15, 0.2) is 6.23 Å². The number of fused-ring (bicyclic) bond motifs is 1. The number of nitriles is 1. The van der Waals surface area contributed by atoms with E-state index in [0.29, 0.717) is 12.1 Å². The van der Waals surface area contributed by atoms with Crippen molar-refractivity contribution in [2.75, 3.05) is 6.61 Å². The molecule has 1 fully saturated rings. The molecule has 2 aromatic rings. The summed E-state index contributed by atoms with van der Waals surface area (Å²) < 4.78 is 21.0. The summed E-state index contributed by atoms with van der Waals surface area (Å²) in [5.74, 6) is -0.512. The van der Waals surface area contributed by atoms with Crippen molar-refractivity contribution in [2.24, 2.45) is 0 Å². The van der Waals surface area contributed by atoms with Gasteiger partial charge in [0.2, 0.25) is 0 Å². The molecule has 1 aliphatic rings. The van der Waals surface area contributed by atoms with Gasteiger partial charge in [-0.15, -0.1) is 0 Å². The minimum atomic E-state index is -0.512. The van der Waals surface area contributed by atoms with Gasteiger partial charge in [0, 0.05) is 18.1 Å². The number of halogens is 1. The summed E-state index contributed by atoms with van der Waals surface area (Å²) >= 11 is 0. The van der Waals surface area contributed by atoms with Gasteiger partial charge in [0.1, 0.15) is 11.9 Å². The van der Waals surface area contributed by atoms with E-state index in [9.17, 15) is 4.39 Å². The van der Waals surface area contributed by atoms with E-state index in [4.69, 9.17) is 10.00 Å². The van der Waals surface area contributed by atoms with Crippen LogP contribution in [0.5, 0.6) is 0 Å². The van der Waals surface area contributed by atoms with E-state index in [1.807, 2.05) is 6.07 Å². The van der Waals surface area contributed by atoms with Crippen LogP contribution >= 0.6 is 0 Å². The maximum absolute atomic E-state index is 13.6. The zero-order valence-electron chi connectivity index (χ0n) is 9.77. The molecule has 0 saturated carbocycles. The molecule has 1 aromatic carbocycles. The van der Waals surface area contributed by atoms with Crippen molar-refractivity contribution in [3.8, 4) is 6.07 Å². The Balaban J connectivity index is 2.08. The summed E-state index contributed by atoms with van der Waals surface area (Å²) in [5.41, 5.74) is 0.727. The second kappa shape index (κ2) is 4.39. The molecule has 1 saturated heterocycles. The number of rotatable bonds is 1. The fourth-order valence-electron chi connectivity index (χ4n) is 2.30. The van der Waals surface area contributed by atoms with E-state index >= 15 is 0 Å². The summed E-state index contributed by atoms with van der Waals surface area (Å²) in [7, 11) is 0. The van der Waals surface area contributed by atoms with Crippen LogP contribution in [0.1, 0.15) is 31.1 Å². The zero-order chi connectivity index (χ0) is 12.5. The highest BCUT2D eigenvalue weighted by atomic mass is 19.1. The van der Waals surface area contributed by atoms with Gasteiger partial charge in [0.05, 0.1) is 17.3 Å². The Bertz CT molecular complexity index is 623. The highest BCUT2D eigenvalue weighted by Gasteiger charge is 2.19. The molecule has 1 aliphatic heterocycles. The van der Waals surface area contributed by atoms with Gasteiger partial charge in [-0.05, 0) is 25.3 Å². The van der Waals surface area contributed by atoms with Crippen molar-refractivity contribution in [1.29, 1.82) is 5.26 Å². The van der Waals surface area contributed by atoms with Crippen molar-refractivity contribution in [3.05, 3.63) is 29.7 Å². The lowest BCUT2D eigenvalue weighted by atomic mass is 10.1. The Morgan fingerprint density at radius 2 is 2.33 bits per heavy atom. The quantitative estimate of drug-likeness (QED) is 0.776. The van der Waals surface area contributed by atoms with Crippen molar-refractivity contribution in [3.63, 3.8) is 0 Å². The number of benzene rings is 1. The van der Waals surface area contributed by atoms with Gasteiger partial charge in [-0.2, -0.15) is 10.4 Å². The van der Waals surface area contributed by atoms with Crippen LogP contribution in [0.3, 0.4) is 0 Å². The molecule has 18 heavy (non-hydrogen) atoms. The Morgan fingerprint density at radius 3 is 3.06 bits per heavy atom. The third kappa shape index (κ3) is 1.75. The maximum Gasteiger partial charge on any atom is 0.150 e. The first-order valence-corrected chi connectivity index (χ1v) is 5.98. The lowest BCUT2D eigenvalue weighted by Crippen LogP contribution is -2.19. The molecule has 2 heterocycles. The number of hydrogen-bond donors (Lipinski definition) is 0. The van der Waals surface area contributed by atoms with Gasteiger partial charge in [-0.25, -0.2) is 9.07 Å². The van der Waals surface area contributed by atoms with Gasteiger partial charge in [0.25, 0.3) is 0 Å². The first-order chi connectivity index (χ1) is 8.79. The Kier molecular flexibility index (Phi) is 2.73. The van der Waals surface area contributed by atoms with Crippen molar-refractivity contribution < 1.29 is 9.13 Å². The standard InChI is InChI=1S/C13H12FN3O/c14-11-6-12-10(5-9(11)7-15)8-16-17(12)13-3-1-2-4-18-13/h5-6,8,13H,1-4H2. The molecular formula is C13H12FN3O. The van der Waals surface area contributed by atoms with Crippen LogP contribution in [-0.4, -0.2) is 16.4 Å². The highest BCUT2D eigenvalue weighted by molar-refractivity contribution is 5.80. The SMILES string of the molecule is N#Cc1cc2cnn(C3CCCCO3)c2cc1F. The summed E-state index contributed by atoms with van der Waals surface area (Å²) in [6.07, 6.45) is 4.56. The molecule has 0 bridgehead atoms. The molecule has 92 valence electrons. The predicted molar refractivity (Wildman–Crippen MR) is 63.2 cm³/mol. The first-order valence-electron chi connectivity index (χ1n) is 5.98. The van der Waals surface area contributed by atoms with E-state index in [2.05, 4.69) is 5.10 Å². The van der Waals surface area contributed by atoms with Gasteiger partial charge < -0.3 is 4.74 Å². The lowest BCUT2D eigenvalue weighted by Gasteiger charge is -2.23. The van der Waals surface area contributed by atoms with Gasteiger partial charge in [-0.3, -0.25) is 0 Å². The zero-order valence-corrected chi connectivity index (χ0v) is 9.77. The van der Waals surface area contributed by atoms with E-state index in [1.54, 1.807) is 10.9 Å². The van der Waals surface area contributed by atoms with Crippen LogP contribution in [0.4, 0.5) is 4.39 Å². The van der Waals surface area contributed by atoms with Gasteiger partial charge >= 0.3 is 0 Å². The number of hydrogen-bond acceptors (Lipinski definition) is 3. The second-order valence-electron chi connectivity index (χ2n) is 4.41. The summed E-state index contributed by atoms with van der Waals surface area (Å²) in [5, 5.41) is 13.8. The number of ether oxygens (including phenoxy) is 1. The molecule has 1 aromatic heterocycles. The second-order valence-corrected chi connectivity index (χ2v) is 4.41. The largest absolute Gasteiger partial charge is 0.356 e. The smallest absolute Gasteiger partial charge is 0.150 e. The average Bonchev–Trinajstić information content (AvgIpc) is 2.81. The average molecular weight is 245 g/mol. The van der Waals surface area contributed by atoms with E-state index in [-0.39, 0.29) is 11.8 Å². The maximum atomic E-state index is 13.6. The van der Waals surface area contributed by atoms with Crippen LogP contribution in [0.2, 0.25) is 0 Å². The molecule has 4 nitrogen and oxygen atoms in total. The number of nitrogens with zero attached hydrogens (tertiary/aromatic N) is 3. The topological polar surface area (TPSA) is 50.8 Å². The normalized spacial score (nSPS) is 19.9. The van der Waals surface area contributed by atoms with Crippen LogP contribution < -0.4 is 0 Å². The minimum Gasteiger partial charge on any atom is -0.356 e. The van der Waals surface area contributed by atoms with Crippen molar-refractivity contribution in [1.82, 2.24) is 9.78 Å². The molecule has 5 heteroatoms. The Morgan fingerprint density at radius 1 is 1.44 bits per heavy atom. The van der Waals surface area contributed by atoms with E-state index in [0.717, 1.165) is 24.6 Å². The van der Waals surface area contributed by atoms with Gasteiger partial charge in [-0.1, -0.05) is 0 Å². The molecular weight excluding hydrogens is 233 g/mol. The van der Waals surface area contributed by atoms with E-state index in [1.165, 1.54) is 12.1 Å². The van der Waals surface area contributed by atoms with E-state index < -0.39 is 5.82 Å². The third-order valence-electron chi connectivity index (χ3n) is 3.23. The molecule has 1 unspecified atom stereocenters. The molecule has 1 atom stereocenters. The van der Waals surface area contributed by atoms with Crippen LogP contribution in [0.25, 0.3) is 10.9 Å². The first kappa shape index (κ1) is 11.2. The summed E-state index contributed by atoms with van der Waals surface area (Å²) in [6.45, 7) is 0.713. The summed E-state index contributed by atoms with van der Waals surface area (Å²) in [4.78, 5) is 0. The predicted octanol–water partition coefficient (Wildman–Crippen LogP) is 2.75. The van der Waals surface area contributed by atoms with Crippen LogP contribution in [-0.2, 0) is 4.74 Å². The molecule has 0 spiro atoms. The highest BCUT2D eigenvalue weighted by Crippen LogP contribution is 2.27. The van der Waals surface area contributed by atoms with Crippen LogP contribution in [0, 0.1) is 17.1 Å².